The van der Waals surface area contributed by atoms with E-state index < -0.39 is 17.8 Å². The predicted molar refractivity (Wildman–Crippen MR) is 145 cm³/mol. The molecule has 200 valence electrons. The molecule has 1 aliphatic heterocycles. The van der Waals surface area contributed by atoms with Crippen LogP contribution in [-0.4, -0.2) is 52.0 Å². The Hall–Kier alpha value is -2.78. The summed E-state index contributed by atoms with van der Waals surface area (Å²) in [6.07, 6.45) is 2.86. The Labute approximate surface area is 226 Å². The van der Waals surface area contributed by atoms with Crippen molar-refractivity contribution < 1.29 is 19.4 Å². The van der Waals surface area contributed by atoms with Crippen LogP contribution in [0.5, 0.6) is 0 Å². The van der Waals surface area contributed by atoms with E-state index in [9.17, 15) is 14.7 Å². The highest BCUT2D eigenvalue weighted by Crippen LogP contribution is 2.47. The highest BCUT2D eigenvalue weighted by atomic mass is 35.5. The standard InChI is InChI=1S/C26H33Cl2N5O4/c1-15-20(16-7-5-8-17(27)19(16)28)31-21(32-24(36)37-25(2,3)4)22(29-15)33-13-11-26(12-14-33)10-6-9-18(26)30-23(34)35/h5,7-8,18,30H,6,9-14H2,1-4H3,(H,34,35)(H,31,32,36). The zero-order valence-corrected chi connectivity index (χ0v) is 23.0. The van der Waals surface area contributed by atoms with E-state index in [-0.39, 0.29) is 17.3 Å². The lowest BCUT2D eigenvalue weighted by molar-refractivity contribution is 0.0635. The number of rotatable bonds is 4. The number of hydrogen-bond acceptors (Lipinski definition) is 6. The first kappa shape index (κ1) is 27.3. The minimum absolute atomic E-state index is 0.0494. The Morgan fingerprint density at radius 3 is 2.51 bits per heavy atom. The first-order valence-corrected chi connectivity index (χ1v) is 13.2. The largest absolute Gasteiger partial charge is 0.465 e. The summed E-state index contributed by atoms with van der Waals surface area (Å²) < 4.78 is 5.48. The lowest BCUT2D eigenvalue weighted by Gasteiger charge is -2.43. The molecular formula is C26H33Cl2N5O4. The van der Waals surface area contributed by atoms with E-state index in [4.69, 9.17) is 37.9 Å². The number of nitrogens with zero attached hydrogens (tertiary/aromatic N) is 3. The van der Waals surface area contributed by atoms with Gasteiger partial charge in [0.25, 0.3) is 0 Å². The predicted octanol–water partition coefficient (Wildman–Crippen LogP) is 6.51. The van der Waals surface area contributed by atoms with Gasteiger partial charge in [0, 0.05) is 24.7 Å². The first-order valence-electron chi connectivity index (χ1n) is 12.5. The van der Waals surface area contributed by atoms with Crippen molar-refractivity contribution in [3.63, 3.8) is 0 Å². The monoisotopic (exact) mass is 549 g/mol. The highest BCUT2D eigenvalue weighted by molar-refractivity contribution is 6.43. The second kappa shape index (κ2) is 10.5. The van der Waals surface area contributed by atoms with E-state index in [1.165, 1.54) is 0 Å². The van der Waals surface area contributed by atoms with Crippen molar-refractivity contribution in [1.29, 1.82) is 0 Å². The summed E-state index contributed by atoms with van der Waals surface area (Å²) in [5, 5.41) is 15.6. The van der Waals surface area contributed by atoms with Crippen molar-refractivity contribution in [2.75, 3.05) is 23.3 Å². The molecule has 2 aromatic rings. The Morgan fingerprint density at radius 1 is 1.16 bits per heavy atom. The van der Waals surface area contributed by atoms with Crippen molar-refractivity contribution in [3.8, 4) is 11.3 Å². The zero-order valence-electron chi connectivity index (χ0n) is 21.5. The van der Waals surface area contributed by atoms with Crippen molar-refractivity contribution in [3.05, 3.63) is 33.9 Å². The van der Waals surface area contributed by atoms with Crippen LogP contribution in [0.3, 0.4) is 0 Å². The third kappa shape index (κ3) is 6.04. The number of piperidine rings is 1. The van der Waals surface area contributed by atoms with Crippen LogP contribution >= 0.6 is 23.2 Å². The number of hydrogen-bond donors (Lipinski definition) is 3. The number of carbonyl (C=O) groups is 2. The molecule has 9 nitrogen and oxygen atoms in total. The number of carboxylic acid groups (broad SMARTS) is 1. The van der Waals surface area contributed by atoms with Crippen LogP contribution in [0.15, 0.2) is 18.2 Å². The zero-order chi connectivity index (χ0) is 27.0. The molecule has 4 rings (SSSR count). The van der Waals surface area contributed by atoms with Crippen molar-refractivity contribution >= 4 is 47.0 Å². The second-order valence-electron chi connectivity index (χ2n) is 10.8. The molecule has 0 bridgehead atoms. The number of nitrogens with one attached hydrogen (secondary N) is 2. The van der Waals surface area contributed by atoms with Crippen LogP contribution in [0, 0.1) is 12.3 Å². The molecule has 2 amide bonds. The quantitative estimate of drug-likeness (QED) is 0.397. The minimum atomic E-state index is -0.977. The Balaban J connectivity index is 1.66. The highest BCUT2D eigenvalue weighted by Gasteiger charge is 2.46. The van der Waals surface area contributed by atoms with E-state index in [1.54, 1.807) is 32.9 Å². The maximum absolute atomic E-state index is 12.7. The lowest BCUT2D eigenvalue weighted by Crippen LogP contribution is -2.50. The van der Waals surface area contributed by atoms with Gasteiger partial charge in [0.1, 0.15) is 5.60 Å². The maximum Gasteiger partial charge on any atom is 0.413 e. The summed E-state index contributed by atoms with van der Waals surface area (Å²) in [5.74, 6) is 0.814. The van der Waals surface area contributed by atoms with E-state index in [2.05, 4.69) is 15.5 Å². The topological polar surface area (TPSA) is 117 Å². The van der Waals surface area contributed by atoms with Gasteiger partial charge in [-0.2, -0.15) is 0 Å². The number of anilines is 2. The van der Waals surface area contributed by atoms with Crippen LogP contribution in [-0.2, 0) is 4.74 Å². The fourth-order valence-electron chi connectivity index (χ4n) is 5.43. The van der Waals surface area contributed by atoms with Gasteiger partial charge in [0.2, 0.25) is 0 Å². The van der Waals surface area contributed by atoms with Gasteiger partial charge in [0.15, 0.2) is 11.6 Å². The minimum Gasteiger partial charge on any atom is -0.465 e. The van der Waals surface area contributed by atoms with Crippen LogP contribution in [0.25, 0.3) is 11.3 Å². The van der Waals surface area contributed by atoms with E-state index in [0.29, 0.717) is 45.9 Å². The molecular weight excluding hydrogens is 517 g/mol. The van der Waals surface area contributed by atoms with E-state index in [1.807, 2.05) is 13.0 Å². The van der Waals surface area contributed by atoms with Gasteiger partial charge < -0.3 is 20.1 Å². The van der Waals surface area contributed by atoms with Crippen molar-refractivity contribution in [2.24, 2.45) is 5.41 Å². The molecule has 2 fully saturated rings. The number of amides is 2. The molecule has 11 heteroatoms. The molecule has 0 radical (unpaired) electrons. The summed E-state index contributed by atoms with van der Waals surface area (Å²) in [6, 6.07) is 5.24. The second-order valence-corrected chi connectivity index (χ2v) is 11.6. The molecule has 1 aliphatic carbocycles. The fraction of sp³-hybridized carbons (Fsp3) is 0.538. The first-order chi connectivity index (χ1) is 17.4. The van der Waals surface area contributed by atoms with Crippen LogP contribution in [0.2, 0.25) is 10.0 Å². The molecule has 1 aromatic carbocycles. The van der Waals surface area contributed by atoms with Crippen molar-refractivity contribution in [2.45, 2.75) is 71.4 Å². The average molecular weight is 550 g/mol. The molecule has 2 aliphatic rings. The number of aryl methyl sites for hydroxylation is 1. The molecule has 2 heterocycles. The summed E-state index contributed by atoms with van der Waals surface area (Å²) in [7, 11) is 0. The van der Waals surface area contributed by atoms with Gasteiger partial charge in [0.05, 0.1) is 21.4 Å². The van der Waals surface area contributed by atoms with Crippen LogP contribution in [0.1, 0.15) is 58.6 Å². The van der Waals surface area contributed by atoms with E-state index >= 15 is 0 Å². The van der Waals surface area contributed by atoms with Crippen LogP contribution < -0.4 is 15.5 Å². The lowest BCUT2D eigenvalue weighted by atomic mass is 9.74. The molecule has 1 spiro atoms. The number of aromatic nitrogens is 2. The van der Waals surface area contributed by atoms with Gasteiger partial charge in [-0.15, -0.1) is 0 Å². The van der Waals surface area contributed by atoms with Gasteiger partial charge in [-0.25, -0.2) is 19.6 Å². The number of halogens is 2. The Bertz CT molecular complexity index is 1190. The van der Waals surface area contributed by atoms with Crippen LogP contribution in [0.4, 0.5) is 21.2 Å². The third-order valence-electron chi connectivity index (χ3n) is 7.14. The molecule has 1 unspecified atom stereocenters. The summed E-state index contributed by atoms with van der Waals surface area (Å²) in [5.41, 5.74) is 1.01. The molecule has 1 saturated heterocycles. The fourth-order valence-corrected chi connectivity index (χ4v) is 5.82. The van der Waals surface area contributed by atoms with Gasteiger partial charge in [-0.05, 0) is 64.9 Å². The average Bonchev–Trinajstić information content (AvgIpc) is 3.17. The maximum atomic E-state index is 12.7. The van der Waals surface area contributed by atoms with Gasteiger partial charge >= 0.3 is 12.2 Å². The number of ether oxygens (including phenoxy) is 1. The third-order valence-corrected chi connectivity index (χ3v) is 7.96. The molecule has 3 N–H and O–H groups in total. The normalized spacial score (nSPS) is 19.1. The molecule has 1 aromatic heterocycles. The van der Waals surface area contributed by atoms with Gasteiger partial charge in [-0.3, -0.25) is 5.32 Å². The number of benzene rings is 1. The summed E-state index contributed by atoms with van der Waals surface area (Å²) >= 11 is 12.7. The van der Waals surface area contributed by atoms with Crippen molar-refractivity contribution in [1.82, 2.24) is 15.3 Å². The number of carbonyl (C=O) groups excluding carboxylic acids is 1. The summed E-state index contributed by atoms with van der Waals surface area (Å²) in [4.78, 5) is 35.8. The molecule has 1 atom stereocenters. The molecule has 37 heavy (non-hydrogen) atoms. The molecule has 1 saturated carbocycles. The summed E-state index contributed by atoms with van der Waals surface area (Å²) in [6.45, 7) is 8.53. The Kier molecular flexibility index (Phi) is 7.76. The smallest absolute Gasteiger partial charge is 0.413 e. The SMILES string of the molecule is Cc1nc(N2CCC3(CCCC3NC(=O)O)CC2)c(NC(=O)OC(C)(C)C)nc1-c1cccc(Cl)c1Cl. The van der Waals surface area contributed by atoms with E-state index in [0.717, 1.165) is 32.1 Å². The van der Waals surface area contributed by atoms with Gasteiger partial charge in [-0.1, -0.05) is 41.8 Å². The Morgan fingerprint density at radius 2 is 1.86 bits per heavy atom.